The number of nitrogens with zero attached hydrogens (tertiary/aromatic N) is 1. The van der Waals surface area contributed by atoms with Crippen LogP contribution in [0.4, 0.5) is 10.5 Å². The van der Waals surface area contributed by atoms with Gasteiger partial charge in [-0.3, -0.25) is 0 Å². The Morgan fingerprint density at radius 2 is 1.86 bits per heavy atom. The van der Waals surface area contributed by atoms with Crippen LogP contribution in [0.5, 0.6) is 0 Å². The molecule has 0 aromatic heterocycles. The van der Waals surface area contributed by atoms with Gasteiger partial charge in [0.25, 0.3) is 0 Å². The van der Waals surface area contributed by atoms with Gasteiger partial charge in [0.2, 0.25) is 10.0 Å². The summed E-state index contributed by atoms with van der Waals surface area (Å²) in [5, 5.41) is 3.54. The lowest BCUT2D eigenvalue weighted by molar-refractivity contribution is 0.193. The summed E-state index contributed by atoms with van der Waals surface area (Å²) in [5.41, 5.74) is 0.566. The molecule has 6 nitrogen and oxygen atoms in total. The van der Waals surface area contributed by atoms with Crippen molar-refractivity contribution in [2.45, 2.75) is 18.9 Å². The Kier molecular flexibility index (Phi) is 5.55. The van der Waals surface area contributed by atoms with Crippen molar-refractivity contribution in [2.24, 2.45) is 0 Å². The third-order valence-electron chi connectivity index (χ3n) is 3.33. The summed E-state index contributed by atoms with van der Waals surface area (Å²) in [6.45, 7) is 0.973. The Hall–Kier alpha value is -1.02. The Labute approximate surface area is 139 Å². The van der Waals surface area contributed by atoms with E-state index in [1.807, 2.05) is 0 Å². The number of hydrogen-bond acceptors (Lipinski definition) is 3. The number of nitrogens with one attached hydrogen (secondary N) is 2. The van der Waals surface area contributed by atoms with E-state index in [1.54, 1.807) is 23.1 Å². The van der Waals surface area contributed by atoms with E-state index in [9.17, 15) is 13.2 Å². The lowest BCUT2D eigenvalue weighted by Crippen LogP contribution is -2.47. The molecule has 9 heteroatoms. The molecular weight excluding hydrogens is 349 g/mol. The molecule has 0 aliphatic carbocycles. The van der Waals surface area contributed by atoms with Crippen LogP contribution in [0.15, 0.2) is 18.2 Å². The standard InChI is InChI=1S/C13H17Cl2N3O3S/c1-22(20,21)17-9-4-6-18(7-5-9)13(19)16-10-2-3-11(14)12(15)8-10/h2-3,8-9,17H,4-7H2,1H3,(H,16,19). The van der Waals surface area contributed by atoms with E-state index in [4.69, 9.17) is 23.2 Å². The summed E-state index contributed by atoms with van der Waals surface area (Å²) in [6.07, 6.45) is 2.31. The maximum absolute atomic E-state index is 12.2. The average Bonchev–Trinajstić information content (AvgIpc) is 2.42. The van der Waals surface area contributed by atoms with Gasteiger partial charge in [0.05, 0.1) is 16.3 Å². The first-order chi connectivity index (χ1) is 10.2. The van der Waals surface area contributed by atoms with Crippen LogP contribution in [0.3, 0.4) is 0 Å². The molecule has 22 heavy (non-hydrogen) atoms. The monoisotopic (exact) mass is 365 g/mol. The second kappa shape index (κ2) is 7.04. The SMILES string of the molecule is CS(=O)(=O)NC1CCN(C(=O)Nc2ccc(Cl)c(Cl)c2)CC1. The maximum atomic E-state index is 12.2. The van der Waals surface area contributed by atoms with Gasteiger partial charge in [0.15, 0.2) is 0 Å². The molecule has 2 N–H and O–H groups in total. The minimum Gasteiger partial charge on any atom is -0.324 e. The fourth-order valence-electron chi connectivity index (χ4n) is 2.28. The van der Waals surface area contributed by atoms with Crippen LogP contribution < -0.4 is 10.0 Å². The fraction of sp³-hybridized carbons (Fsp3) is 0.462. The van der Waals surface area contributed by atoms with E-state index in [1.165, 1.54) is 0 Å². The number of carbonyl (C=O) groups is 1. The maximum Gasteiger partial charge on any atom is 0.321 e. The zero-order valence-corrected chi connectivity index (χ0v) is 14.3. The molecule has 1 saturated heterocycles. The molecule has 1 aromatic rings. The van der Waals surface area contributed by atoms with Crippen molar-refractivity contribution in [1.82, 2.24) is 9.62 Å². The van der Waals surface area contributed by atoms with E-state index in [0.29, 0.717) is 41.7 Å². The first-order valence-corrected chi connectivity index (χ1v) is 9.37. The number of amides is 2. The number of carbonyl (C=O) groups excluding carboxylic acids is 1. The number of benzene rings is 1. The van der Waals surface area contributed by atoms with Crippen molar-refractivity contribution in [1.29, 1.82) is 0 Å². The van der Waals surface area contributed by atoms with Crippen molar-refractivity contribution >= 4 is 44.9 Å². The quantitative estimate of drug-likeness (QED) is 0.863. The Morgan fingerprint density at radius 1 is 1.23 bits per heavy atom. The lowest BCUT2D eigenvalue weighted by atomic mass is 10.1. The van der Waals surface area contributed by atoms with Gasteiger partial charge < -0.3 is 10.2 Å². The largest absolute Gasteiger partial charge is 0.324 e. The van der Waals surface area contributed by atoms with Crippen LogP contribution in [-0.2, 0) is 10.0 Å². The number of likely N-dealkylation sites (tertiary alicyclic amines) is 1. The number of hydrogen-bond donors (Lipinski definition) is 2. The van der Waals surface area contributed by atoms with Crippen molar-refractivity contribution in [3.63, 3.8) is 0 Å². The summed E-state index contributed by atoms with van der Waals surface area (Å²) in [6, 6.07) is 4.51. The summed E-state index contributed by atoms with van der Waals surface area (Å²) < 4.78 is 24.9. The molecule has 0 atom stereocenters. The van der Waals surface area contributed by atoms with Gasteiger partial charge in [-0.2, -0.15) is 0 Å². The van der Waals surface area contributed by atoms with Gasteiger partial charge in [-0.05, 0) is 31.0 Å². The molecule has 1 fully saturated rings. The molecule has 0 radical (unpaired) electrons. The van der Waals surface area contributed by atoms with E-state index < -0.39 is 10.0 Å². The highest BCUT2D eigenvalue weighted by atomic mass is 35.5. The van der Waals surface area contributed by atoms with Gasteiger partial charge >= 0.3 is 6.03 Å². The number of sulfonamides is 1. The van der Waals surface area contributed by atoms with E-state index in [0.717, 1.165) is 6.26 Å². The lowest BCUT2D eigenvalue weighted by Gasteiger charge is -2.32. The third-order valence-corrected chi connectivity index (χ3v) is 4.83. The summed E-state index contributed by atoms with van der Waals surface area (Å²) in [7, 11) is -3.22. The highest BCUT2D eigenvalue weighted by Crippen LogP contribution is 2.25. The molecule has 2 rings (SSSR count). The summed E-state index contributed by atoms with van der Waals surface area (Å²) in [5.74, 6) is 0. The van der Waals surface area contributed by atoms with Gasteiger partial charge in [-0.25, -0.2) is 17.9 Å². The Morgan fingerprint density at radius 3 is 2.41 bits per heavy atom. The van der Waals surface area contributed by atoms with Crippen molar-refractivity contribution < 1.29 is 13.2 Å². The van der Waals surface area contributed by atoms with E-state index in [-0.39, 0.29) is 12.1 Å². The number of halogens is 2. The minimum absolute atomic E-state index is 0.121. The van der Waals surface area contributed by atoms with Gasteiger partial charge in [0.1, 0.15) is 0 Å². The molecule has 1 aromatic carbocycles. The Bertz CT molecular complexity index is 658. The highest BCUT2D eigenvalue weighted by Gasteiger charge is 2.24. The smallest absolute Gasteiger partial charge is 0.321 e. The van der Waals surface area contributed by atoms with Crippen LogP contribution in [0, 0.1) is 0 Å². The first-order valence-electron chi connectivity index (χ1n) is 6.73. The van der Waals surface area contributed by atoms with Crippen LogP contribution in [-0.4, -0.2) is 44.7 Å². The molecule has 1 aliphatic heterocycles. The summed E-state index contributed by atoms with van der Waals surface area (Å²) in [4.78, 5) is 13.8. The topological polar surface area (TPSA) is 78.5 Å². The van der Waals surface area contributed by atoms with Gasteiger partial charge in [-0.15, -0.1) is 0 Å². The second-order valence-electron chi connectivity index (χ2n) is 5.21. The number of urea groups is 1. The molecule has 0 spiro atoms. The zero-order chi connectivity index (χ0) is 16.3. The molecule has 1 aliphatic rings. The van der Waals surface area contributed by atoms with Crippen molar-refractivity contribution in [3.05, 3.63) is 28.2 Å². The molecule has 0 unspecified atom stereocenters. The predicted molar refractivity (Wildman–Crippen MR) is 88.1 cm³/mol. The molecule has 1 heterocycles. The van der Waals surface area contributed by atoms with Crippen LogP contribution >= 0.6 is 23.2 Å². The van der Waals surface area contributed by atoms with E-state index in [2.05, 4.69) is 10.0 Å². The first kappa shape index (κ1) is 17.3. The molecular formula is C13H17Cl2N3O3S. The van der Waals surface area contributed by atoms with Crippen molar-refractivity contribution in [2.75, 3.05) is 24.7 Å². The molecule has 2 amide bonds. The minimum atomic E-state index is -3.22. The van der Waals surface area contributed by atoms with Crippen LogP contribution in [0.25, 0.3) is 0 Å². The number of piperidine rings is 1. The average molecular weight is 366 g/mol. The zero-order valence-electron chi connectivity index (χ0n) is 12.0. The van der Waals surface area contributed by atoms with Crippen LogP contribution in [0.2, 0.25) is 10.0 Å². The van der Waals surface area contributed by atoms with Crippen LogP contribution in [0.1, 0.15) is 12.8 Å². The van der Waals surface area contributed by atoms with E-state index >= 15 is 0 Å². The summed E-state index contributed by atoms with van der Waals surface area (Å²) >= 11 is 11.7. The predicted octanol–water partition coefficient (Wildman–Crippen LogP) is 2.54. The third kappa shape index (κ3) is 5.01. The fourth-order valence-corrected chi connectivity index (χ4v) is 3.42. The highest BCUT2D eigenvalue weighted by molar-refractivity contribution is 7.88. The molecule has 0 saturated carbocycles. The molecule has 122 valence electrons. The number of rotatable bonds is 3. The van der Waals surface area contributed by atoms with Gasteiger partial charge in [0, 0.05) is 24.8 Å². The normalized spacial score (nSPS) is 16.6. The van der Waals surface area contributed by atoms with Crippen molar-refractivity contribution in [3.8, 4) is 0 Å². The Balaban J connectivity index is 1.88. The number of anilines is 1. The van der Waals surface area contributed by atoms with Gasteiger partial charge in [-0.1, -0.05) is 23.2 Å². The molecule has 0 bridgehead atoms. The second-order valence-corrected chi connectivity index (χ2v) is 7.80.